The van der Waals surface area contributed by atoms with Crippen LogP contribution in [0.15, 0.2) is 18.3 Å². The monoisotopic (exact) mass is 249 g/mol. The number of hydrogen-bond donors (Lipinski definition) is 2. The Bertz CT molecular complexity index is 397. The fraction of sp³-hybridized carbons (Fsp3) is 0.333. The van der Waals surface area contributed by atoms with Crippen molar-refractivity contribution in [1.29, 1.82) is 0 Å². The molecule has 0 aromatic carbocycles. The van der Waals surface area contributed by atoms with E-state index in [1.54, 1.807) is 23.9 Å². The highest BCUT2D eigenvalue weighted by Crippen LogP contribution is 2.05. The molecule has 0 aliphatic rings. The summed E-state index contributed by atoms with van der Waals surface area (Å²) in [5.74, 6) is 3.94. The number of anilines is 1. The van der Waals surface area contributed by atoms with E-state index in [4.69, 9.17) is 6.42 Å². The maximum Gasteiger partial charge on any atom is 0.253 e. The molecule has 0 aliphatic carbocycles. The highest BCUT2D eigenvalue weighted by atomic mass is 32.2. The number of rotatable bonds is 6. The average molecular weight is 249 g/mol. The van der Waals surface area contributed by atoms with Crippen molar-refractivity contribution in [2.45, 2.75) is 0 Å². The summed E-state index contributed by atoms with van der Waals surface area (Å²) >= 11 is 1.76. The zero-order valence-corrected chi connectivity index (χ0v) is 10.5. The Balaban J connectivity index is 2.50. The lowest BCUT2D eigenvalue weighted by molar-refractivity contribution is 0.0958. The smallest absolute Gasteiger partial charge is 0.253 e. The molecule has 1 amide bonds. The van der Waals surface area contributed by atoms with Gasteiger partial charge in [0.15, 0.2) is 0 Å². The van der Waals surface area contributed by atoms with Crippen LogP contribution in [0.1, 0.15) is 10.4 Å². The van der Waals surface area contributed by atoms with Gasteiger partial charge in [-0.15, -0.1) is 6.42 Å². The molecule has 0 saturated heterocycles. The molecule has 1 aromatic heterocycles. The standard InChI is InChI=1S/C12H15N3OS/c1-3-6-14-12(16)10-4-5-11(15-9-10)13-7-8-17-2/h1,4-5,9H,6-8H2,2H3,(H,13,15)(H,14,16). The molecule has 4 nitrogen and oxygen atoms in total. The number of hydrogen-bond acceptors (Lipinski definition) is 4. The Kier molecular flexibility index (Phi) is 5.97. The molecule has 0 fully saturated rings. The number of thioether (sulfide) groups is 1. The molecule has 5 heteroatoms. The lowest BCUT2D eigenvalue weighted by atomic mass is 10.2. The fourth-order valence-electron chi connectivity index (χ4n) is 1.15. The third-order valence-corrected chi connectivity index (χ3v) is 2.60. The number of terminal acetylenes is 1. The first kappa shape index (κ1) is 13.4. The molecule has 0 aliphatic heterocycles. The maximum absolute atomic E-state index is 11.5. The third-order valence-electron chi connectivity index (χ3n) is 1.99. The Morgan fingerprint density at radius 3 is 3.00 bits per heavy atom. The molecule has 0 bridgehead atoms. The fourth-order valence-corrected chi connectivity index (χ4v) is 1.45. The van der Waals surface area contributed by atoms with Gasteiger partial charge in [0, 0.05) is 18.5 Å². The quantitative estimate of drug-likeness (QED) is 0.588. The summed E-state index contributed by atoms with van der Waals surface area (Å²) in [7, 11) is 0. The van der Waals surface area contributed by atoms with E-state index >= 15 is 0 Å². The zero-order valence-electron chi connectivity index (χ0n) is 9.69. The summed E-state index contributed by atoms with van der Waals surface area (Å²) < 4.78 is 0. The number of nitrogens with zero attached hydrogens (tertiary/aromatic N) is 1. The van der Waals surface area contributed by atoms with E-state index < -0.39 is 0 Å². The molecule has 1 heterocycles. The van der Waals surface area contributed by atoms with E-state index in [0.29, 0.717) is 5.56 Å². The van der Waals surface area contributed by atoms with Crippen molar-refractivity contribution in [3.63, 3.8) is 0 Å². The number of amides is 1. The molecule has 0 atom stereocenters. The third kappa shape index (κ3) is 4.79. The van der Waals surface area contributed by atoms with Crippen LogP contribution in [0.4, 0.5) is 5.82 Å². The van der Waals surface area contributed by atoms with Gasteiger partial charge in [-0.3, -0.25) is 4.79 Å². The second-order valence-corrected chi connectivity index (χ2v) is 4.22. The first-order chi connectivity index (χ1) is 8.27. The molecule has 0 unspecified atom stereocenters. The van der Waals surface area contributed by atoms with Crippen molar-refractivity contribution in [3.8, 4) is 12.3 Å². The predicted molar refractivity (Wildman–Crippen MR) is 72.3 cm³/mol. The molecule has 0 spiro atoms. The second-order valence-electron chi connectivity index (χ2n) is 3.24. The van der Waals surface area contributed by atoms with Gasteiger partial charge in [0.2, 0.25) is 0 Å². The lowest BCUT2D eigenvalue weighted by Crippen LogP contribution is -2.23. The number of aromatic nitrogens is 1. The van der Waals surface area contributed by atoms with E-state index in [2.05, 4.69) is 21.5 Å². The van der Waals surface area contributed by atoms with Crippen LogP contribution in [-0.4, -0.2) is 36.0 Å². The maximum atomic E-state index is 11.5. The topological polar surface area (TPSA) is 54.0 Å². The highest BCUT2D eigenvalue weighted by Gasteiger charge is 2.04. The van der Waals surface area contributed by atoms with Gasteiger partial charge in [-0.05, 0) is 18.4 Å². The highest BCUT2D eigenvalue weighted by molar-refractivity contribution is 7.98. The van der Waals surface area contributed by atoms with Crippen LogP contribution in [0, 0.1) is 12.3 Å². The number of nitrogens with one attached hydrogen (secondary N) is 2. The van der Waals surface area contributed by atoms with Crippen LogP contribution in [-0.2, 0) is 0 Å². The minimum Gasteiger partial charge on any atom is -0.369 e. The number of carbonyl (C=O) groups excluding carboxylic acids is 1. The normalized spacial score (nSPS) is 9.41. The first-order valence-electron chi connectivity index (χ1n) is 5.18. The van der Waals surface area contributed by atoms with Gasteiger partial charge >= 0.3 is 0 Å². The van der Waals surface area contributed by atoms with Crippen LogP contribution < -0.4 is 10.6 Å². The summed E-state index contributed by atoms with van der Waals surface area (Å²) in [5, 5.41) is 5.74. The Morgan fingerprint density at radius 2 is 2.41 bits per heavy atom. The van der Waals surface area contributed by atoms with Crippen LogP contribution in [0.5, 0.6) is 0 Å². The Hall–Kier alpha value is -1.67. The van der Waals surface area contributed by atoms with Crippen molar-refractivity contribution >= 4 is 23.5 Å². The Labute approximate surface area is 106 Å². The lowest BCUT2D eigenvalue weighted by Gasteiger charge is -2.05. The summed E-state index contributed by atoms with van der Waals surface area (Å²) in [6.45, 7) is 1.09. The van der Waals surface area contributed by atoms with Crippen LogP contribution >= 0.6 is 11.8 Å². The molecule has 1 rings (SSSR count). The van der Waals surface area contributed by atoms with Gasteiger partial charge in [-0.1, -0.05) is 5.92 Å². The van der Waals surface area contributed by atoms with Gasteiger partial charge < -0.3 is 10.6 Å². The zero-order chi connectivity index (χ0) is 12.5. The molecule has 0 saturated carbocycles. The molecular formula is C12H15N3OS. The average Bonchev–Trinajstić information content (AvgIpc) is 2.37. The first-order valence-corrected chi connectivity index (χ1v) is 6.58. The Morgan fingerprint density at radius 1 is 1.59 bits per heavy atom. The van der Waals surface area contributed by atoms with E-state index in [1.807, 2.05) is 6.26 Å². The summed E-state index contributed by atoms with van der Waals surface area (Å²) in [4.78, 5) is 15.7. The molecular weight excluding hydrogens is 234 g/mol. The minimum atomic E-state index is -0.203. The van der Waals surface area contributed by atoms with Crippen LogP contribution in [0.25, 0.3) is 0 Å². The van der Waals surface area contributed by atoms with E-state index in [0.717, 1.165) is 18.1 Å². The summed E-state index contributed by atoms with van der Waals surface area (Å²) in [6, 6.07) is 3.51. The van der Waals surface area contributed by atoms with Crippen LogP contribution in [0.3, 0.4) is 0 Å². The van der Waals surface area contributed by atoms with Gasteiger partial charge in [0.1, 0.15) is 5.82 Å². The van der Waals surface area contributed by atoms with Crippen LogP contribution in [0.2, 0.25) is 0 Å². The van der Waals surface area contributed by atoms with Crippen molar-refractivity contribution in [2.75, 3.05) is 30.4 Å². The van der Waals surface area contributed by atoms with Crippen molar-refractivity contribution in [2.24, 2.45) is 0 Å². The predicted octanol–water partition coefficient (Wildman–Crippen LogP) is 1.22. The largest absolute Gasteiger partial charge is 0.369 e. The van der Waals surface area contributed by atoms with Gasteiger partial charge in [0.05, 0.1) is 12.1 Å². The second kappa shape index (κ2) is 7.58. The van der Waals surface area contributed by atoms with Gasteiger partial charge in [-0.25, -0.2) is 4.98 Å². The molecule has 2 N–H and O–H groups in total. The minimum absolute atomic E-state index is 0.203. The SMILES string of the molecule is C#CCNC(=O)c1ccc(NCCSC)nc1. The van der Waals surface area contributed by atoms with Crippen molar-refractivity contribution in [1.82, 2.24) is 10.3 Å². The van der Waals surface area contributed by atoms with Gasteiger partial charge in [0.25, 0.3) is 5.91 Å². The molecule has 0 radical (unpaired) electrons. The number of pyridine rings is 1. The van der Waals surface area contributed by atoms with Gasteiger partial charge in [-0.2, -0.15) is 11.8 Å². The number of carbonyl (C=O) groups is 1. The van der Waals surface area contributed by atoms with Crippen molar-refractivity contribution < 1.29 is 4.79 Å². The van der Waals surface area contributed by atoms with E-state index in [1.165, 1.54) is 6.20 Å². The molecule has 1 aromatic rings. The van der Waals surface area contributed by atoms with Crippen molar-refractivity contribution in [3.05, 3.63) is 23.9 Å². The summed E-state index contributed by atoms with van der Waals surface area (Å²) in [6.07, 6.45) is 8.64. The van der Waals surface area contributed by atoms with E-state index in [-0.39, 0.29) is 12.5 Å². The molecule has 90 valence electrons. The van der Waals surface area contributed by atoms with E-state index in [9.17, 15) is 4.79 Å². The molecule has 17 heavy (non-hydrogen) atoms. The summed E-state index contributed by atoms with van der Waals surface area (Å²) in [5.41, 5.74) is 0.510.